The monoisotopic (exact) mass is 517 g/mol. The second-order valence-electron chi connectivity index (χ2n) is 9.62. The van der Waals surface area contributed by atoms with Crippen LogP contribution in [0, 0.1) is 11.3 Å². The van der Waals surface area contributed by atoms with Gasteiger partial charge in [0.25, 0.3) is 0 Å². The Bertz CT molecular complexity index is 1380. The van der Waals surface area contributed by atoms with Crippen LogP contribution < -0.4 is 20.9 Å². The average Bonchev–Trinajstić information content (AvgIpc) is 2.99. The maximum Gasteiger partial charge on any atom is 0.322 e. The zero-order valence-corrected chi connectivity index (χ0v) is 21.6. The number of nitrogens with zero attached hydrogens (tertiary/aromatic N) is 4. The van der Waals surface area contributed by atoms with Crippen molar-refractivity contribution in [3.05, 3.63) is 109 Å². The average molecular weight is 518 g/mol. The molecule has 1 aliphatic carbocycles. The molecule has 1 aliphatic rings. The summed E-state index contributed by atoms with van der Waals surface area (Å²) in [6, 6.07) is 27.7. The van der Waals surface area contributed by atoms with Gasteiger partial charge >= 0.3 is 6.03 Å². The third-order valence-corrected chi connectivity index (χ3v) is 6.91. The molecular formula is C31H31N7O. The highest BCUT2D eigenvalue weighted by Crippen LogP contribution is 2.30. The van der Waals surface area contributed by atoms with E-state index in [0.717, 1.165) is 54.1 Å². The molecule has 2 aromatic heterocycles. The van der Waals surface area contributed by atoms with Gasteiger partial charge in [0.1, 0.15) is 11.9 Å². The van der Waals surface area contributed by atoms with Crippen LogP contribution in [0.3, 0.4) is 0 Å². The van der Waals surface area contributed by atoms with Crippen LogP contribution in [0.25, 0.3) is 0 Å². The molecule has 3 N–H and O–H groups in total. The molecule has 5 rings (SSSR count). The van der Waals surface area contributed by atoms with Crippen molar-refractivity contribution in [2.75, 3.05) is 15.5 Å². The lowest BCUT2D eigenvalue weighted by molar-refractivity contribution is 0.240. The quantitative estimate of drug-likeness (QED) is 0.256. The summed E-state index contributed by atoms with van der Waals surface area (Å²) in [6.45, 7) is 0.470. The number of hydrogen-bond donors (Lipinski definition) is 3. The minimum absolute atomic E-state index is 0.0740. The molecule has 1 saturated carbocycles. The van der Waals surface area contributed by atoms with E-state index < -0.39 is 0 Å². The first kappa shape index (κ1) is 25.7. The fourth-order valence-corrected chi connectivity index (χ4v) is 4.89. The van der Waals surface area contributed by atoms with Crippen LogP contribution in [0.1, 0.15) is 36.8 Å². The first-order valence-corrected chi connectivity index (χ1v) is 13.2. The molecule has 0 radical (unpaired) electrons. The van der Waals surface area contributed by atoms with Gasteiger partial charge in [-0.3, -0.25) is 9.88 Å². The highest BCUT2D eigenvalue weighted by Gasteiger charge is 2.30. The Morgan fingerprint density at radius 1 is 0.897 bits per heavy atom. The lowest BCUT2D eigenvalue weighted by atomic mass is 9.90. The summed E-state index contributed by atoms with van der Waals surface area (Å²) >= 11 is 0. The van der Waals surface area contributed by atoms with Crippen molar-refractivity contribution in [3.8, 4) is 6.07 Å². The Morgan fingerprint density at radius 3 is 2.36 bits per heavy atom. The van der Waals surface area contributed by atoms with Crippen LogP contribution in [-0.2, 0) is 6.54 Å². The maximum absolute atomic E-state index is 13.6. The molecule has 8 nitrogen and oxygen atoms in total. The molecule has 0 saturated heterocycles. The number of carbonyl (C=O) groups excluding carboxylic acids is 1. The van der Waals surface area contributed by atoms with E-state index in [2.05, 4.69) is 32.0 Å². The summed E-state index contributed by atoms with van der Waals surface area (Å²) in [6.07, 6.45) is 8.65. The van der Waals surface area contributed by atoms with Crippen LogP contribution in [0.5, 0.6) is 0 Å². The smallest absolute Gasteiger partial charge is 0.322 e. The summed E-state index contributed by atoms with van der Waals surface area (Å²) in [5.74, 6) is 0.770. The third kappa shape index (κ3) is 6.90. The second-order valence-corrected chi connectivity index (χ2v) is 9.62. The van der Waals surface area contributed by atoms with E-state index in [9.17, 15) is 4.79 Å². The number of pyridine rings is 2. The lowest BCUT2D eigenvalue weighted by Crippen LogP contribution is -2.48. The zero-order valence-electron chi connectivity index (χ0n) is 21.6. The van der Waals surface area contributed by atoms with Crippen molar-refractivity contribution >= 4 is 28.9 Å². The Hall–Kier alpha value is -4.90. The van der Waals surface area contributed by atoms with Crippen molar-refractivity contribution in [3.63, 3.8) is 0 Å². The van der Waals surface area contributed by atoms with E-state index in [0.29, 0.717) is 12.1 Å². The fraction of sp³-hybridized carbons (Fsp3) is 0.226. The van der Waals surface area contributed by atoms with Crippen LogP contribution in [-0.4, -0.2) is 28.1 Å². The van der Waals surface area contributed by atoms with Crippen LogP contribution in [0.2, 0.25) is 0 Å². The van der Waals surface area contributed by atoms with E-state index in [-0.39, 0.29) is 18.1 Å². The molecule has 0 unspecified atom stereocenters. The van der Waals surface area contributed by atoms with Crippen molar-refractivity contribution in [2.45, 2.75) is 44.3 Å². The van der Waals surface area contributed by atoms with Crippen LogP contribution in [0.4, 0.5) is 27.7 Å². The minimum atomic E-state index is -0.100. The van der Waals surface area contributed by atoms with Crippen molar-refractivity contribution in [2.24, 2.45) is 0 Å². The van der Waals surface area contributed by atoms with Crippen LogP contribution >= 0.6 is 0 Å². The molecular weight excluding hydrogens is 486 g/mol. The second kappa shape index (κ2) is 12.6. The van der Waals surface area contributed by atoms with E-state index in [1.807, 2.05) is 77.7 Å². The summed E-state index contributed by atoms with van der Waals surface area (Å²) in [5.41, 5.74) is 4.31. The lowest BCUT2D eigenvalue weighted by Gasteiger charge is -2.37. The fourth-order valence-electron chi connectivity index (χ4n) is 4.89. The number of rotatable bonds is 8. The van der Waals surface area contributed by atoms with E-state index >= 15 is 0 Å². The Balaban J connectivity index is 1.27. The predicted molar refractivity (Wildman–Crippen MR) is 154 cm³/mol. The van der Waals surface area contributed by atoms with E-state index in [1.165, 1.54) is 0 Å². The molecule has 0 atom stereocenters. The van der Waals surface area contributed by atoms with Crippen molar-refractivity contribution in [1.29, 1.82) is 5.26 Å². The molecule has 1 fully saturated rings. The van der Waals surface area contributed by atoms with Gasteiger partial charge in [0.15, 0.2) is 0 Å². The van der Waals surface area contributed by atoms with Gasteiger partial charge in [-0.1, -0.05) is 30.3 Å². The molecule has 2 amide bonds. The molecule has 39 heavy (non-hydrogen) atoms. The molecule has 2 aromatic carbocycles. The van der Waals surface area contributed by atoms with Crippen molar-refractivity contribution in [1.82, 2.24) is 15.3 Å². The summed E-state index contributed by atoms with van der Waals surface area (Å²) in [4.78, 5) is 24.0. The zero-order chi connectivity index (χ0) is 26.9. The number of amides is 2. The van der Waals surface area contributed by atoms with Gasteiger partial charge in [0.05, 0.1) is 17.4 Å². The predicted octanol–water partition coefficient (Wildman–Crippen LogP) is 6.23. The van der Waals surface area contributed by atoms with Gasteiger partial charge in [-0.05, 0) is 79.8 Å². The standard InChI is InChI=1S/C31H31N7O/c32-19-24-8-17-30(34-21-24)37-26-11-15-29(16-12-26)38(31(39)35-20-23-5-2-1-3-6-23)28-13-9-25(10-14-28)36-27-7-4-18-33-22-27/h1-10,13-14,17-18,21-22,26,29,36H,11-12,15-16,20H2,(H,34,37)(H,35,39)/t26-,29-. The summed E-state index contributed by atoms with van der Waals surface area (Å²) < 4.78 is 0. The number of benzene rings is 2. The number of nitriles is 1. The van der Waals surface area contributed by atoms with Crippen molar-refractivity contribution < 1.29 is 4.79 Å². The number of aromatic nitrogens is 2. The molecule has 0 spiro atoms. The molecule has 196 valence electrons. The molecule has 8 heteroatoms. The first-order valence-electron chi connectivity index (χ1n) is 13.2. The number of urea groups is 1. The number of carbonyl (C=O) groups is 1. The molecule has 0 bridgehead atoms. The maximum atomic E-state index is 13.6. The van der Waals surface area contributed by atoms with E-state index in [1.54, 1.807) is 24.7 Å². The number of nitrogens with one attached hydrogen (secondary N) is 3. The SMILES string of the molecule is N#Cc1ccc(N[C@H]2CC[C@H](N(C(=O)NCc3ccccc3)c3ccc(Nc4cccnc4)cc3)CC2)nc1. The molecule has 0 aliphatic heterocycles. The van der Waals surface area contributed by atoms with Gasteiger partial charge in [0, 0.05) is 42.4 Å². The van der Waals surface area contributed by atoms with Gasteiger partial charge in [-0.2, -0.15) is 5.26 Å². The largest absolute Gasteiger partial charge is 0.367 e. The highest BCUT2D eigenvalue weighted by atomic mass is 16.2. The summed E-state index contributed by atoms with van der Waals surface area (Å²) in [5, 5.41) is 19.0. The van der Waals surface area contributed by atoms with Crippen LogP contribution in [0.15, 0.2) is 97.5 Å². The summed E-state index contributed by atoms with van der Waals surface area (Å²) in [7, 11) is 0. The number of anilines is 4. The topological polar surface area (TPSA) is 106 Å². The van der Waals surface area contributed by atoms with Gasteiger partial charge in [0.2, 0.25) is 0 Å². The van der Waals surface area contributed by atoms with Gasteiger partial charge < -0.3 is 16.0 Å². The third-order valence-electron chi connectivity index (χ3n) is 6.91. The normalized spacial score (nSPS) is 16.5. The molecule has 2 heterocycles. The Labute approximate surface area is 228 Å². The highest BCUT2D eigenvalue weighted by molar-refractivity contribution is 5.93. The first-order chi connectivity index (χ1) is 19.2. The minimum Gasteiger partial charge on any atom is -0.367 e. The van der Waals surface area contributed by atoms with Gasteiger partial charge in [-0.15, -0.1) is 0 Å². The Morgan fingerprint density at radius 2 is 1.69 bits per heavy atom. The van der Waals surface area contributed by atoms with Gasteiger partial charge in [-0.25, -0.2) is 9.78 Å². The number of hydrogen-bond acceptors (Lipinski definition) is 6. The van der Waals surface area contributed by atoms with E-state index in [4.69, 9.17) is 5.26 Å². The molecule has 4 aromatic rings. The Kier molecular flexibility index (Phi) is 8.29.